The average molecular weight is 228 g/mol. The molecule has 1 aromatic rings. The molecule has 0 saturated heterocycles. The van der Waals surface area contributed by atoms with E-state index in [1.807, 2.05) is 6.07 Å². The summed E-state index contributed by atoms with van der Waals surface area (Å²) in [6.07, 6.45) is 1.77. The maximum absolute atomic E-state index is 5.36. The van der Waals surface area contributed by atoms with E-state index in [4.69, 9.17) is 4.42 Å². The maximum Gasteiger partial charge on any atom is 0.117 e. The standard InChI is InChI=1S/C11H20OSSi/c1-4-14(5-2,6-3)13-10-11-8-7-9-12-11/h7-9H,4-6,10H2,1-3H3. The Hall–Kier alpha value is -0.153. The van der Waals surface area contributed by atoms with Crippen molar-refractivity contribution in [2.45, 2.75) is 44.7 Å². The molecule has 1 rings (SSSR count). The van der Waals surface area contributed by atoms with Gasteiger partial charge < -0.3 is 4.42 Å². The van der Waals surface area contributed by atoms with Crippen molar-refractivity contribution in [3.63, 3.8) is 0 Å². The van der Waals surface area contributed by atoms with Crippen molar-refractivity contribution in [1.82, 2.24) is 0 Å². The summed E-state index contributed by atoms with van der Waals surface area (Å²) in [6, 6.07) is 8.19. The van der Waals surface area contributed by atoms with Crippen molar-refractivity contribution < 1.29 is 4.42 Å². The van der Waals surface area contributed by atoms with E-state index in [2.05, 4.69) is 38.0 Å². The molecule has 3 heteroatoms. The predicted octanol–water partition coefficient (Wildman–Crippen LogP) is 4.52. The molecule has 80 valence electrons. The Balaban J connectivity index is 2.48. The highest BCUT2D eigenvalue weighted by Crippen LogP contribution is 2.34. The van der Waals surface area contributed by atoms with Gasteiger partial charge in [0, 0.05) is 5.75 Å². The van der Waals surface area contributed by atoms with Gasteiger partial charge in [-0.05, 0) is 12.1 Å². The molecule has 1 nitrogen and oxygen atoms in total. The normalized spacial score (nSPS) is 11.9. The van der Waals surface area contributed by atoms with Crippen LogP contribution in [0.5, 0.6) is 0 Å². The molecular formula is C11H20OSSi. The number of hydrogen-bond acceptors (Lipinski definition) is 2. The Labute approximate surface area is 91.9 Å². The molecule has 0 fully saturated rings. The average Bonchev–Trinajstić information content (AvgIpc) is 2.74. The number of furan rings is 1. The fraction of sp³-hybridized carbons (Fsp3) is 0.636. The van der Waals surface area contributed by atoms with E-state index in [9.17, 15) is 0 Å². The zero-order chi connectivity index (χ0) is 10.4. The Kier molecular flexibility index (Phi) is 4.82. The Bertz CT molecular complexity index is 234. The van der Waals surface area contributed by atoms with E-state index < -0.39 is 7.22 Å². The molecule has 0 atom stereocenters. The Morgan fingerprint density at radius 1 is 1.21 bits per heavy atom. The molecule has 0 aliphatic heterocycles. The highest BCUT2D eigenvalue weighted by atomic mass is 32.4. The number of hydrogen-bond donors (Lipinski definition) is 0. The van der Waals surface area contributed by atoms with E-state index in [1.54, 1.807) is 6.26 Å². The summed E-state index contributed by atoms with van der Waals surface area (Å²) in [6.45, 7) is 7.02. The third kappa shape index (κ3) is 2.92. The third-order valence-corrected chi connectivity index (χ3v) is 12.8. The van der Waals surface area contributed by atoms with Gasteiger partial charge in [0.2, 0.25) is 0 Å². The molecule has 0 N–H and O–H groups in total. The van der Waals surface area contributed by atoms with Gasteiger partial charge in [-0.1, -0.05) is 38.9 Å². The lowest BCUT2D eigenvalue weighted by Crippen LogP contribution is -2.26. The van der Waals surface area contributed by atoms with Crippen LogP contribution in [0, 0.1) is 0 Å². The van der Waals surface area contributed by atoms with Crippen molar-refractivity contribution in [3.05, 3.63) is 24.2 Å². The van der Waals surface area contributed by atoms with Crippen molar-refractivity contribution in [1.29, 1.82) is 0 Å². The van der Waals surface area contributed by atoms with Crippen LogP contribution < -0.4 is 0 Å². The Morgan fingerprint density at radius 3 is 2.29 bits per heavy atom. The highest BCUT2D eigenvalue weighted by molar-refractivity contribution is 8.28. The summed E-state index contributed by atoms with van der Waals surface area (Å²) in [5.41, 5.74) is 0. The van der Waals surface area contributed by atoms with Crippen LogP contribution in [0.25, 0.3) is 0 Å². The van der Waals surface area contributed by atoms with Gasteiger partial charge in [0.15, 0.2) is 0 Å². The minimum atomic E-state index is -1.02. The molecule has 0 aliphatic rings. The van der Waals surface area contributed by atoms with Crippen LogP contribution in [-0.4, -0.2) is 7.22 Å². The smallest absolute Gasteiger partial charge is 0.117 e. The topological polar surface area (TPSA) is 13.1 Å². The van der Waals surface area contributed by atoms with Crippen LogP contribution in [0.2, 0.25) is 18.1 Å². The fourth-order valence-corrected chi connectivity index (χ4v) is 7.58. The highest BCUT2D eigenvalue weighted by Gasteiger charge is 2.27. The molecule has 1 aromatic heterocycles. The first-order valence-corrected chi connectivity index (χ1v) is 9.76. The molecule has 0 saturated carbocycles. The second-order valence-corrected chi connectivity index (χ2v) is 12.1. The van der Waals surface area contributed by atoms with E-state index in [-0.39, 0.29) is 0 Å². The van der Waals surface area contributed by atoms with Gasteiger partial charge in [0.25, 0.3) is 0 Å². The second kappa shape index (κ2) is 5.66. The lowest BCUT2D eigenvalue weighted by molar-refractivity contribution is 0.530. The van der Waals surface area contributed by atoms with Crippen LogP contribution in [-0.2, 0) is 5.75 Å². The number of rotatable bonds is 6. The van der Waals surface area contributed by atoms with Crippen molar-refractivity contribution in [2.24, 2.45) is 0 Å². The molecule has 0 amide bonds. The van der Waals surface area contributed by atoms with Gasteiger partial charge >= 0.3 is 0 Å². The molecule has 0 spiro atoms. The van der Waals surface area contributed by atoms with Gasteiger partial charge in [-0.3, -0.25) is 0 Å². The molecular weight excluding hydrogens is 208 g/mol. The van der Waals surface area contributed by atoms with Gasteiger partial charge in [-0.25, -0.2) is 0 Å². The van der Waals surface area contributed by atoms with E-state index >= 15 is 0 Å². The van der Waals surface area contributed by atoms with Gasteiger partial charge in [0.1, 0.15) is 13.0 Å². The fourth-order valence-electron chi connectivity index (χ4n) is 1.68. The van der Waals surface area contributed by atoms with Crippen LogP contribution in [0.15, 0.2) is 22.8 Å². The first-order chi connectivity index (χ1) is 6.76. The van der Waals surface area contributed by atoms with E-state index in [0.717, 1.165) is 11.5 Å². The van der Waals surface area contributed by atoms with E-state index in [0.29, 0.717) is 0 Å². The monoisotopic (exact) mass is 228 g/mol. The summed E-state index contributed by atoms with van der Waals surface area (Å²) < 4.78 is 5.36. The summed E-state index contributed by atoms with van der Waals surface area (Å²) >= 11 is 2.17. The van der Waals surface area contributed by atoms with Crippen molar-refractivity contribution >= 4 is 18.4 Å². The lowest BCUT2D eigenvalue weighted by Gasteiger charge is -2.26. The largest absolute Gasteiger partial charge is 0.469 e. The Morgan fingerprint density at radius 2 is 1.86 bits per heavy atom. The van der Waals surface area contributed by atoms with Gasteiger partial charge in [0.05, 0.1) is 6.26 Å². The van der Waals surface area contributed by atoms with Crippen LogP contribution in [0.1, 0.15) is 26.5 Å². The van der Waals surface area contributed by atoms with E-state index in [1.165, 1.54) is 18.1 Å². The molecule has 0 radical (unpaired) electrons. The molecule has 0 unspecified atom stereocenters. The quantitative estimate of drug-likeness (QED) is 0.664. The lowest BCUT2D eigenvalue weighted by atomic mass is 10.5. The predicted molar refractivity (Wildman–Crippen MR) is 67.2 cm³/mol. The first kappa shape index (κ1) is 11.9. The van der Waals surface area contributed by atoms with Gasteiger partial charge in [-0.2, -0.15) is 11.2 Å². The summed E-state index contributed by atoms with van der Waals surface area (Å²) in [5, 5.41) is 0. The van der Waals surface area contributed by atoms with Gasteiger partial charge in [-0.15, -0.1) is 0 Å². The summed E-state index contributed by atoms with van der Waals surface area (Å²) in [5.74, 6) is 2.19. The molecule has 0 bridgehead atoms. The zero-order valence-corrected chi connectivity index (χ0v) is 11.2. The third-order valence-electron chi connectivity index (χ3n) is 3.03. The summed E-state index contributed by atoms with van der Waals surface area (Å²) in [7, 11) is -1.02. The zero-order valence-electron chi connectivity index (χ0n) is 9.38. The van der Waals surface area contributed by atoms with Crippen LogP contribution in [0.3, 0.4) is 0 Å². The minimum Gasteiger partial charge on any atom is -0.469 e. The van der Waals surface area contributed by atoms with Crippen LogP contribution >= 0.6 is 11.2 Å². The molecule has 14 heavy (non-hydrogen) atoms. The SMILES string of the molecule is CC[Si](CC)(CC)SCc1ccco1. The van der Waals surface area contributed by atoms with Crippen molar-refractivity contribution in [2.75, 3.05) is 0 Å². The first-order valence-electron chi connectivity index (χ1n) is 5.42. The molecule has 0 aromatic carbocycles. The summed E-state index contributed by atoms with van der Waals surface area (Å²) in [4.78, 5) is 0. The molecule has 1 heterocycles. The minimum absolute atomic E-state index is 1.02. The van der Waals surface area contributed by atoms with Crippen LogP contribution in [0.4, 0.5) is 0 Å². The molecule has 0 aliphatic carbocycles. The second-order valence-electron chi connectivity index (χ2n) is 3.61. The maximum atomic E-state index is 5.36. The van der Waals surface area contributed by atoms with Crippen molar-refractivity contribution in [3.8, 4) is 0 Å².